The van der Waals surface area contributed by atoms with Crippen molar-refractivity contribution >= 4 is 77.7 Å². The number of anilines is 6. The Hall–Kier alpha value is -14.8. The molecule has 2 spiro atoms. The number of para-hydroxylation sites is 3. The molecular weight excluding hydrogens is 1590 g/mol. The van der Waals surface area contributed by atoms with Crippen LogP contribution in [-0.2, 0) is 10.8 Å². The molecule has 2 aromatic heterocycles. The van der Waals surface area contributed by atoms with Crippen molar-refractivity contribution in [1.29, 1.82) is 0 Å². The van der Waals surface area contributed by atoms with E-state index in [1.165, 1.54) is 208 Å². The van der Waals surface area contributed by atoms with Gasteiger partial charge in [-0.25, -0.2) is 0 Å². The summed E-state index contributed by atoms with van der Waals surface area (Å²) in [6.45, 7) is 0. The third-order valence-electron chi connectivity index (χ3n) is 32.7. The second kappa shape index (κ2) is 30.9. The minimum absolute atomic E-state index is 0.0913. The van der Waals surface area contributed by atoms with Crippen molar-refractivity contribution in [2.45, 2.75) is 75.0 Å². The minimum atomic E-state index is 0.0913. The molecule has 0 saturated heterocycles. The van der Waals surface area contributed by atoms with E-state index in [-0.39, 0.29) is 10.8 Å². The van der Waals surface area contributed by atoms with Gasteiger partial charge in [0.1, 0.15) is 0 Å². The lowest BCUT2D eigenvalue weighted by Gasteiger charge is -2.61. The van der Waals surface area contributed by atoms with E-state index >= 15 is 0 Å². The summed E-state index contributed by atoms with van der Waals surface area (Å²) < 4.78 is 5.07. The SMILES string of the molecule is c1ccc(-c2ccc(N(c3ccc(-c4ccccc4)cc3)c3ccc4c5ccc(-c6cccc7c6C6(c8ccccc8-7)C7CC8CC(C7)CC6C8)cc5n(-c5ccccc5)c4c3)cc2)cc1.c1ccc(-c2ccc(N(c3ccc(-c4ccccc4)cc3)c3cccc4c3c3cccc(-c5cccc6c5-c5ccccc5C65C6CC7CC(C6)CC5C7)c3n4-c3ccccc3)cc2)cc1. The summed E-state index contributed by atoms with van der Waals surface area (Å²) in [5, 5.41) is 5.02. The summed E-state index contributed by atoms with van der Waals surface area (Å²) in [5.41, 5.74) is 41.5. The van der Waals surface area contributed by atoms with E-state index in [1.54, 1.807) is 22.3 Å². The number of nitrogens with zero attached hydrogens (tertiary/aromatic N) is 4. The van der Waals surface area contributed by atoms with Crippen LogP contribution in [-0.4, -0.2) is 9.13 Å². The summed E-state index contributed by atoms with van der Waals surface area (Å²) in [4.78, 5) is 4.89. The van der Waals surface area contributed by atoms with Crippen molar-refractivity contribution in [2.24, 2.45) is 47.3 Å². The first kappa shape index (κ1) is 77.1. The molecule has 8 saturated carbocycles. The van der Waals surface area contributed by atoms with Gasteiger partial charge in [-0.2, -0.15) is 0 Å². The Kier molecular flexibility index (Phi) is 18.1. The molecule has 8 fully saturated rings. The second-order valence-electron chi connectivity index (χ2n) is 39.4. The second-order valence-corrected chi connectivity index (χ2v) is 39.4. The molecule has 4 nitrogen and oxygen atoms in total. The summed E-state index contributed by atoms with van der Waals surface area (Å²) in [6, 6.07) is 163. The Balaban J connectivity index is 0.000000135. The predicted molar refractivity (Wildman–Crippen MR) is 550 cm³/mol. The molecule has 0 N–H and O–H groups in total. The maximum atomic E-state index is 2.55. The van der Waals surface area contributed by atoms with Crippen LogP contribution in [0.2, 0.25) is 0 Å². The van der Waals surface area contributed by atoms with Crippen LogP contribution >= 0.6 is 0 Å². The molecule has 10 aliphatic carbocycles. The monoisotopic (exact) mass is 1690 g/mol. The van der Waals surface area contributed by atoms with Crippen molar-refractivity contribution in [1.82, 2.24) is 9.13 Å². The predicted octanol–water partition coefficient (Wildman–Crippen LogP) is 34.0. The lowest BCUT2D eigenvalue weighted by Crippen LogP contribution is -2.55. The Morgan fingerprint density at radius 2 is 0.568 bits per heavy atom. The minimum Gasteiger partial charge on any atom is -0.310 e. The molecule has 30 rings (SSSR count). The van der Waals surface area contributed by atoms with Gasteiger partial charge in [0.2, 0.25) is 0 Å². The zero-order valence-corrected chi connectivity index (χ0v) is 74.0. The Morgan fingerprint density at radius 3 is 1.08 bits per heavy atom. The van der Waals surface area contributed by atoms with Crippen LogP contribution in [0.15, 0.2) is 437 Å². The Labute approximate surface area is 773 Å². The van der Waals surface area contributed by atoms with Crippen LogP contribution in [0.5, 0.6) is 0 Å². The molecule has 0 atom stereocenters. The van der Waals surface area contributed by atoms with Crippen LogP contribution in [0.4, 0.5) is 34.1 Å². The molecule has 18 aromatic carbocycles. The maximum Gasteiger partial charge on any atom is 0.0620 e. The lowest BCUT2D eigenvalue weighted by atomic mass is 9.42. The molecule has 132 heavy (non-hydrogen) atoms. The lowest BCUT2D eigenvalue weighted by molar-refractivity contribution is -0.0399. The summed E-state index contributed by atoms with van der Waals surface area (Å²) in [6.07, 6.45) is 14.0. The average molecular weight is 1690 g/mol. The highest BCUT2D eigenvalue weighted by atomic mass is 15.2. The van der Waals surface area contributed by atoms with Gasteiger partial charge in [0.25, 0.3) is 0 Å². The van der Waals surface area contributed by atoms with Crippen molar-refractivity contribution in [2.75, 3.05) is 9.80 Å². The Bertz CT molecular complexity index is 7630. The van der Waals surface area contributed by atoms with E-state index < -0.39 is 0 Å². The molecule has 0 radical (unpaired) electrons. The molecule has 4 heteroatoms. The number of hydrogen-bond donors (Lipinski definition) is 0. The van der Waals surface area contributed by atoms with Gasteiger partial charge in [0.05, 0.1) is 27.8 Å². The largest absolute Gasteiger partial charge is 0.310 e. The number of aromatic nitrogens is 2. The fraction of sp³-hybridized carbons (Fsp3) is 0.156. The first-order chi connectivity index (χ1) is 65.4. The highest BCUT2D eigenvalue weighted by molar-refractivity contribution is 6.21. The van der Waals surface area contributed by atoms with Gasteiger partial charge in [0.15, 0.2) is 0 Å². The van der Waals surface area contributed by atoms with Crippen molar-refractivity contribution in [3.8, 4) is 100 Å². The van der Waals surface area contributed by atoms with E-state index in [0.717, 1.165) is 69.6 Å². The van der Waals surface area contributed by atoms with E-state index in [4.69, 9.17) is 0 Å². The molecule has 8 bridgehead atoms. The van der Waals surface area contributed by atoms with Crippen LogP contribution < -0.4 is 9.80 Å². The van der Waals surface area contributed by atoms with Crippen molar-refractivity contribution in [3.05, 3.63) is 459 Å². The summed E-state index contributed by atoms with van der Waals surface area (Å²) >= 11 is 0. The van der Waals surface area contributed by atoms with Gasteiger partial charge in [-0.15, -0.1) is 0 Å². The topological polar surface area (TPSA) is 16.3 Å². The number of hydrogen-bond acceptors (Lipinski definition) is 2. The first-order valence-corrected chi connectivity index (χ1v) is 48.4. The quantitative estimate of drug-likeness (QED) is 0.108. The van der Waals surface area contributed by atoms with Gasteiger partial charge in [0, 0.05) is 77.8 Å². The van der Waals surface area contributed by atoms with Crippen LogP contribution in [0.1, 0.15) is 86.5 Å². The number of benzene rings is 18. The van der Waals surface area contributed by atoms with Gasteiger partial charge in [-0.3, -0.25) is 0 Å². The zero-order chi connectivity index (χ0) is 86.7. The molecule has 0 unspecified atom stereocenters. The molecule has 632 valence electrons. The molecule has 20 aromatic rings. The third kappa shape index (κ3) is 12.0. The average Bonchev–Trinajstić information content (AvgIpc) is 1.60. The van der Waals surface area contributed by atoms with Gasteiger partial charge < -0.3 is 18.9 Å². The molecule has 2 heterocycles. The number of fused-ring (bicyclic) bond motifs is 12. The van der Waals surface area contributed by atoms with Crippen LogP contribution in [0, 0.1) is 47.3 Å². The highest BCUT2D eigenvalue weighted by Gasteiger charge is 2.64. The third-order valence-corrected chi connectivity index (χ3v) is 32.7. The highest BCUT2D eigenvalue weighted by Crippen LogP contribution is 2.73. The van der Waals surface area contributed by atoms with E-state index in [0.29, 0.717) is 11.8 Å². The normalized spacial score (nSPS) is 21.1. The zero-order valence-electron chi connectivity index (χ0n) is 74.0. The van der Waals surface area contributed by atoms with Crippen molar-refractivity contribution in [3.63, 3.8) is 0 Å². The van der Waals surface area contributed by atoms with E-state index in [1.807, 2.05) is 0 Å². The van der Waals surface area contributed by atoms with Gasteiger partial charge in [-0.05, 0) is 320 Å². The van der Waals surface area contributed by atoms with Crippen molar-refractivity contribution < 1.29 is 0 Å². The van der Waals surface area contributed by atoms with Gasteiger partial charge in [-0.1, -0.05) is 334 Å². The molecule has 0 amide bonds. The smallest absolute Gasteiger partial charge is 0.0620 e. The maximum absolute atomic E-state index is 2.55. The fourth-order valence-electron chi connectivity index (χ4n) is 28.0. The molecule has 10 aliphatic rings. The first-order valence-electron chi connectivity index (χ1n) is 48.4. The fourth-order valence-corrected chi connectivity index (χ4v) is 28.0. The summed E-state index contributed by atoms with van der Waals surface area (Å²) in [5.74, 6) is 6.48. The van der Waals surface area contributed by atoms with E-state index in [2.05, 4.69) is 456 Å². The van der Waals surface area contributed by atoms with E-state index in [9.17, 15) is 0 Å². The Morgan fingerprint density at radius 1 is 0.212 bits per heavy atom. The number of rotatable bonds is 14. The van der Waals surface area contributed by atoms with Gasteiger partial charge >= 0.3 is 0 Å². The molecule has 0 aliphatic heterocycles. The van der Waals surface area contributed by atoms with Crippen LogP contribution in [0.25, 0.3) is 144 Å². The molecular formula is C128H100N4. The van der Waals surface area contributed by atoms with Crippen LogP contribution in [0.3, 0.4) is 0 Å². The summed E-state index contributed by atoms with van der Waals surface area (Å²) in [7, 11) is 0. The standard InChI is InChI=1S/2C64H50N2/c1-4-15-44(16-5-1)46-29-33-51(34-30-46)65(52-35-31-47(32-36-52)45-17-6-2-7-18-45)59-27-14-28-60-62(59)56-24-12-23-54(63(56)66(60)50-19-8-3-9-20-50)53-22-13-26-58-61(53)55-21-10-11-25-57(55)64(58)48-38-42-37-43(40-48)41-49(64)39-42;1-4-13-44(14-5-1)46-23-28-52(29-24-46)65(53-30-25-47(26-31-53)45-15-6-2-7-16-45)54-32-34-58-57-33-27-48(40-61(57)66(62(58)41-54)51-17-8-3-9-18-51)55-20-12-21-59-56-19-10-11-22-60(56)64(63(55)59)49-36-42-35-43(38-49)39-50(64)37-42/h1-36,42-43,48-49H,37-41H2;1-34,40-43,49-50H,35-39H2.